The lowest BCUT2D eigenvalue weighted by Crippen LogP contribution is -2.46. The molecule has 0 aliphatic carbocycles. The Hall–Kier alpha value is -1.17. The van der Waals surface area contributed by atoms with Crippen molar-refractivity contribution in [1.82, 2.24) is 15.1 Å². The van der Waals surface area contributed by atoms with Crippen LogP contribution in [0.2, 0.25) is 0 Å². The summed E-state index contributed by atoms with van der Waals surface area (Å²) in [7, 11) is 0. The van der Waals surface area contributed by atoms with Gasteiger partial charge in [0.15, 0.2) is 0 Å². The van der Waals surface area contributed by atoms with Crippen molar-refractivity contribution in [3.8, 4) is 0 Å². The predicted octanol–water partition coefficient (Wildman–Crippen LogP) is 1.38. The standard InChI is InChI=1S/C12H18N4OS/c1-10(17)15-5-2-3-12(7-15)4-6-16(8-12)11-14-13-9-18-11/h9H,2-8H2,1H3/t12-/m1/s1. The van der Waals surface area contributed by atoms with Gasteiger partial charge in [-0.1, -0.05) is 11.3 Å². The van der Waals surface area contributed by atoms with E-state index in [1.807, 2.05) is 4.90 Å². The van der Waals surface area contributed by atoms with Crippen LogP contribution in [0.25, 0.3) is 0 Å². The molecule has 18 heavy (non-hydrogen) atoms. The minimum Gasteiger partial charge on any atom is -0.346 e. The van der Waals surface area contributed by atoms with Gasteiger partial charge in [-0.15, -0.1) is 10.2 Å². The monoisotopic (exact) mass is 266 g/mol. The Morgan fingerprint density at radius 1 is 1.39 bits per heavy atom. The summed E-state index contributed by atoms with van der Waals surface area (Å²) in [6, 6.07) is 0. The molecule has 2 saturated heterocycles. The van der Waals surface area contributed by atoms with Crippen LogP contribution in [0.15, 0.2) is 5.51 Å². The van der Waals surface area contributed by atoms with Crippen molar-refractivity contribution in [2.24, 2.45) is 5.41 Å². The molecule has 1 spiro atoms. The summed E-state index contributed by atoms with van der Waals surface area (Å²) >= 11 is 1.60. The van der Waals surface area contributed by atoms with Crippen LogP contribution in [-0.4, -0.2) is 47.2 Å². The van der Waals surface area contributed by atoms with Crippen molar-refractivity contribution >= 4 is 22.4 Å². The Balaban J connectivity index is 1.71. The number of hydrogen-bond acceptors (Lipinski definition) is 5. The maximum Gasteiger partial charge on any atom is 0.219 e. The minimum atomic E-state index is 0.212. The van der Waals surface area contributed by atoms with Crippen LogP contribution in [0.4, 0.5) is 5.13 Å². The third-order valence-electron chi connectivity index (χ3n) is 4.16. The number of carbonyl (C=O) groups is 1. The van der Waals surface area contributed by atoms with Crippen LogP contribution in [0.5, 0.6) is 0 Å². The van der Waals surface area contributed by atoms with E-state index in [-0.39, 0.29) is 11.3 Å². The second kappa shape index (κ2) is 4.50. The van der Waals surface area contributed by atoms with E-state index in [1.165, 1.54) is 6.42 Å². The minimum absolute atomic E-state index is 0.212. The van der Waals surface area contributed by atoms with Crippen molar-refractivity contribution in [3.63, 3.8) is 0 Å². The number of aromatic nitrogens is 2. The summed E-state index contributed by atoms with van der Waals surface area (Å²) < 4.78 is 0. The molecule has 5 nitrogen and oxygen atoms in total. The highest BCUT2D eigenvalue weighted by atomic mass is 32.1. The molecule has 98 valence electrons. The van der Waals surface area contributed by atoms with Gasteiger partial charge in [0.05, 0.1) is 0 Å². The van der Waals surface area contributed by atoms with Crippen LogP contribution in [0, 0.1) is 5.41 Å². The van der Waals surface area contributed by atoms with Gasteiger partial charge in [-0.05, 0) is 19.3 Å². The first-order chi connectivity index (χ1) is 8.69. The Bertz CT molecular complexity index is 435. The van der Waals surface area contributed by atoms with Gasteiger partial charge in [0.1, 0.15) is 5.51 Å². The topological polar surface area (TPSA) is 49.3 Å². The number of hydrogen-bond donors (Lipinski definition) is 0. The first-order valence-corrected chi connectivity index (χ1v) is 7.33. The van der Waals surface area contributed by atoms with Gasteiger partial charge in [-0.3, -0.25) is 4.79 Å². The molecule has 1 amide bonds. The van der Waals surface area contributed by atoms with E-state index < -0.39 is 0 Å². The Morgan fingerprint density at radius 2 is 2.28 bits per heavy atom. The third kappa shape index (κ3) is 2.09. The molecule has 2 aliphatic rings. The molecule has 0 N–H and O–H groups in total. The SMILES string of the molecule is CC(=O)N1CCC[C@@]2(CCN(c3nncs3)C2)C1. The number of rotatable bonds is 1. The predicted molar refractivity (Wildman–Crippen MR) is 70.7 cm³/mol. The highest BCUT2D eigenvalue weighted by Gasteiger charge is 2.42. The van der Waals surface area contributed by atoms with Crippen LogP contribution in [0.1, 0.15) is 26.2 Å². The molecule has 0 bridgehead atoms. The maximum absolute atomic E-state index is 11.5. The molecular formula is C12H18N4OS. The zero-order valence-corrected chi connectivity index (χ0v) is 11.4. The van der Waals surface area contributed by atoms with E-state index in [0.29, 0.717) is 0 Å². The van der Waals surface area contributed by atoms with Crippen LogP contribution in [-0.2, 0) is 4.79 Å². The van der Waals surface area contributed by atoms with Gasteiger partial charge in [0.25, 0.3) is 0 Å². The molecule has 1 aromatic heterocycles. The van der Waals surface area contributed by atoms with E-state index >= 15 is 0 Å². The lowest BCUT2D eigenvalue weighted by molar-refractivity contribution is -0.132. The summed E-state index contributed by atoms with van der Waals surface area (Å²) in [4.78, 5) is 15.9. The number of carbonyl (C=O) groups excluding carboxylic acids is 1. The van der Waals surface area contributed by atoms with Crippen molar-refractivity contribution in [3.05, 3.63) is 5.51 Å². The molecule has 0 radical (unpaired) electrons. The van der Waals surface area contributed by atoms with E-state index in [1.54, 1.807) is 23.8 Å². The molecule has 1 aromatic rings. The molecule has 1 atom stereocenters. The number of piperidine rings is 1. The van der Waals surface area contributed by atoms with Crippen molar-refractivity contribution < 1.29 is 4.79 Å². The zero-order chi connectivity index (χ0) is 12.6. The number of amides is 1. The van der Waals surface area contributed by atoms with Crippen LogP contribution < -0.4 is 4.90 Å². The van der Waals surface area contributed by atoms with Crippen LogP contribution >= 0.6 is 11.3 Å². The highest BCUT2D eigenvalue weighted by Crippen LogP contribution is 2.40. The summed E-state index contributed by atoms with van der Waals surface area (Å²) in [5.41, 5.74) is 2.07. The fourth-order valence-corrected chi connectivity index (χ4v) is 3.80. The largest absolute Gasteiger partial charge is 0.346 e. The van der Waals surface area contributed by atoms with Gasteiger partial charge in [0.2, 0.25) is 11.0 Å². The fraction of sp³-hybridized carbons (Fsp3) is 0.750. The van der Waals surface area contributed by atoms with Gasteiger partial charge in [-0.2, -0.15) is 0 Å². The normalized spacial score (nSPS) is 28.1. The van der Waals surface area contributed by atoms with E-state index in [4.69, 9.17) is 0 Å². The number of likely N-dealkylation sites (tertiary alicyclic amines) is 1. The number of anilines is 1. The Kier molecular flexibility index (Phi) is 2.97. The first kappa shape index (κ1) is 11.9. The lowest BCUT2D eigenvalue weighted by Gasteiger charge is -2.39. The molecular weight excluding hydrogens is 248 g/mol. The van der Waals surface area contributed by atoms with E-state index in [2.05, 4.69) is 15.1 Å². The Morgan fingerprint density at radius 3 is 3.00 bits per heavy atom. The highest BCUT2D eigenvalue weighted by molar-refractivity contribution is 7.13. The molecule has 3 rings (SSSR count). The van der Waals surface area contributed by atoms with Gasteiger partial charge in [0, 0.05) is 38.5 Å². The molecule has 6 heteroatoms. The quantitative estimate of drug-likeness (QED) is 0.770. The molecule has 0 saturated carbocycles. The van der Waals surface area contributed by atoms with Crippen molar-refractivity contribution in [2.75, 3.05) is 31.1 Å². The number of nitrogens with zero attached hydrogens (tertiary/aromatic N) is 4. The first-order valence-electron chi connectivity index (χ1n) is 6.45. The van der Waals surface area contributed by atoms with Crippen LogP contribution in [0.3, 0.4) is 0 Å². The summed E-state index contributed by atoms with van der Waals surface area (Å²) in [5.74, 6) is 0.212. The summed E-state index contributed by atoms with van der Waals surface area (Å²) in [6.07, 6.45) is 3.52. The second-order valence-electron chi connectivity index (χ2n) is 5.44. The smallest absolute Gasteiger partial charge is 0.219 e. The second-order valence-corrected chi connectivity index (χ2v) is 6.25. The fourth-order valence-electron chi connectivity index (χ4n) is 3.21. The van der Waals surface area contributed by atoms with E-state index in [0.717, 1.165) is 44.2 Å². The summed E-state index contributed by atoms with van der Waals surface area (Å²) in [6.45, 7) is 5.58. The maximum atomic E-state index is 11.5. The lowest BCUT2D eigenvalue weighted by atomic mass is 9.79. The Labute approximate surface area is 111 Å². The molecule has 0 aromatic carbocycles. The molecule has 2 aliphatic heterocycles. The van der Waals surface area contributed by atoms with Crippen molar-refractivity contribution in [1.29, 1.82) is 0 Å². The van der Waals surface area contributed by atoms with Gasteiger partial charge >= 0.3 is 0 Å². The zero-order valence-electron chi connectivity index (χ0n) is 10.6. The van der Waals surface area contributed by atoms with Gasteiger partial charge < -0.3 is 9.80 Å². The molecule has 0 unspecified atom stereocenters. The van der Waals surface area contributed by atoms with Crippen molar-refractivity contribution in [2.45, 2.75) is 26.2 Å². The third-order valence-corrected chi connectivity index (χ3v) is 4.91. The van der Waals surface area contributed by atoms with Gasteiger partial charge in [-0.25, -0.2) is 0 Å². The molecule has 3 heterocycles. The molecule has 2 fully saturated rings. The summed E-state index contributed by atoms with van der Waals surface area (Å²) in [5, 5.41) is 9.07. The van der Waals surface area contributed by atoms with E-state index in [9.17, 15) is 4.79 Å². The average molecular weight is 266 g/mol. The average Bonchev–Trinajstić information content (AvgIpc) is 2.99.